The average Bonchev–Trinajstić information content (AvgIpc) is 3.25. The number of aromatic amines is 1. The van der Waals surface area contributed by atoms with Crippen LogP contribution in [0.4, 0.5) is 0 Å². The fourth-order valence-corrected chi connectivity index (χ4v) is 3.00. The summed E-state index contributed by atoms with van der Waals surface area (Å²) in [6.45, 7) is 0.502. The number of aromatic nitrogens is 4. The van der Waals surface area contributed by atoms with Crippen molar-refractivity contribution in [2.75, 3.05) is 6.54 Å². The van der Waals surface area contributed by atoms with Crippen LogP contribution in [-0.4, -0.2) is 32.6 Å². The molecule has 0 fully saturated rings. The maximum Gasteiger partial charge on any atom is 0.251 e. The van der Waals surface area contributed by atoms with Gasteiger partial charge in [-0.25, -0.2) is 9.97 Å². The third-order valence-electron chi connectivity index (χ3n) is 4.42. The van der Waals surface area contributed by atoms with Crippen LogP contribution in [-0.2, 0) is 6.42 Å². The lowest BCUT2D eigenvalue weighted by Crippen LogP contribution is -2.26. The minimum atomic E-state index is -0.125. The van der Waals surface area contributed by atoms with Gasteiger partial charge in [0.2, 0.25) is 0 Å². The number of carbonyl (C=O) groups excluding carboxylic acids is 1. The zero-order valence-electron chi connectivity index (χ0n) is 15.2. The molecule has 0 saturated carbocycles. The smallest absolute Gasteiger partial charge is 0.251 e. The zero-order valence-corrected chi connectivity index (χ0v) is 15.2. The second kappa shape index (κ2) is 8.26. The van der Waals surface area contributed by atoms with Crippen molar-refractivity contribution >= 4 is 5.91 Å². The van der Waals surface area contributed by atoms with Crippen molar-refractivity contribution in [3.63, 3.8) is 0 Å². The molecule has 0 unspecified atom stereocenters. The Bertz CT molecular complexity index is 1060. The molecule has 0 bridgehead atoms. The van der Waals surface area contributed by atoms with Crippen LogP contribution in [0.2, 0.25) is 0 Å². The maximum absolute atomic E-state index is 12.7. The summed E-state index contributed by atoms with van der Waals surface area (Å²) in [5.41, 5.74) is 4.99. The molecule has 4 rings (SSSR count). The lowest BCUT2D eigenvalue weighted by atomic mass is 10.0. The Morgan fingerprint density at radius 3 is 2.64 bits per heavy atom. The van der Waals surface area contributed by atoms with Gasteiger partial charge in [-0.3, -0.25) is 9.89 Å². The summed E-state index contributed by atoms with van der Waals surface area (Å²) in [6, 6.07) is 21.2. The van der Waals surface area contributed by atoms with E-state index in [0.717, 1.165) is 28.2 Å². The van der Waals surface area contributed by atoms with Gasteiger partial charge in [0.05, 0.1) is 11.4 Å². The Balaban J connectivity index is 1.51. The van der Waals surface area contributed by atoms with Crippen LogP contribution >= 0.6 is 0 Å². The van der Waals surface area contributed by atoms with Gasteiger partial charge in [-0.1, -0.05) is 48.5 Å². The highest BCUT2D eigenvalue weighted by atomic mass is 16.1. The van der Waals surface area contributed by atoms with E-state index in [1.807, 2.05) is 66.7 Å². The average molecular weight is 369 g/mol. The highest BCUT2D eigenvalue weighted by molar-refractivity contribution is 6.00. The molecule has 0 aliphatic heterocycles. The fraction of sp³-hybridized carbons (Fsp3) is 0.0909. The van der Waals surface area contributed by atoms with E-state index >= 15 is 0 Å². The summed E-state index contributed by atoms with van der Waals surface area (Å²) < 4.78 is 0. The van der Waals surface area contributed by atoms with E-state index in [9.17, 15) is 4.79 Å². The summed E-state index contributed by atoms with van der Waals surface area (Å²) in [7, 11) is 0. The van der Waals surface area contributed by atoms with Gasteiger partial charge in [-0.05, 0) is 18.2 Å². The predicted molar refractivity (Wildman–Crippen MR) is 108 cm³/mol. The highest BCUT2D eigenvalue weighted by Crippen LogP contribution is 2.26. The van der Waals surface area contributed by atoms with Gasteiger partial charge in [-0.15, -0.1) is 0 Å². The molecule has 4 aromatic rings. The van der Waals surface area contributed by atoms with Crippen LogP contribution in [0.25, 0.3) is 22.5 Å². The minimum Gasteiger partial charge on any atom is -0.352 e. The predicted octanol–water partition coefficient (Wildman–Crippen LogP) is 3.51. The molecule has 0 aliphatic rings. The summed E-state index contributed by atoms with van der Waals surface area (Å²) in [6.07, 6.45) is 3.86. The molecule has 2 aromatic carbocycles. The van der Waals surface area contributed by atoms with Crippen molar-refractivity contribution in [3.8, 4) is 22.5 Å². The van der Waals surface area contributed by atoms with Crippen LogP contribution in [0.15, 0.2) is 79.3 Å². The molecule has 0 radical (unpaired) electrons. The normalized spacial score (nSPS) is 10.6. The van der Waals surface area contributed by atoms with Crippen molar-refractivity contribution in [3.05, 3.63) is 90.5 Å². The number of nitrogens with one attached hydrogen (secondary N) is 2. The SMILES string of the molecule is O=C(NCCc1ccncn1)c1ccccc1-c1cc(-c2ccccc2)n[nH]1. The number of rotatable bonds is 6. The van der Waals surface area contributed by atoms with Crippen LogP contribution in [0.5, 0.6) is 0 Å². The van der Waals surface area contributed by atoms with E-state index in [1.165, 1.54) is 6.33 Å². The van der Waals surface area contributed by atoms with Crippen molar-refractivity contribution in [1.29, 1.82) is 0 Å². The van der Waals surface area contributed by atoms with E-state index in [-0.39, 0.29) is 5.91 Å². The molecular formula is C22H19N5O. The third-order valence-corrected chi connectivity index (χ3v) is 4.42. The van der Waals surface area contributed by atoms with Crippen molar-refractivity contribution in [1.82, 2.24) is 25.5 Å². The lowest BCUT2D eigenvalue weighted by molar-refractivity contribution is 0.0954. The first-order chi connectivity index (χ1) is 13.8. The van der Waals surface area contributed by atoms with E-state index in [0.29, 0.717) is 18.5 Å². The highest BCUT2D eigenvalue weighted by Gasteiger charge is 2.14. The molecule has 0 spiro atoms. The molecule has 2 heterocycles. The van der Waals surface area contributed by atoms with Crippen molar-refractivity contribution in [2.24, 2.45) is 0 Å². The van der Waals surface area contributed by atoms with E-state index in [1.54, 1.807) is 6.20 Å². The van der Waals surface area contributed by atoms with Crippen molar-refractivity contribution < 1.29 is 4.79 Å². The van der Waals surface area contributed by atoms with E-state index in [2.05, 4.69) is 25.5 Å². The molecule has 6 nitrogen and oxygen atoms in total. The second-order valence-electron chi connectivity index (χ2n) is 6.29. The number of amides is 1. The molecule has 1 amide bonds. The molecule has 0 saturated heterocycles. The molecule has 0 atom stereocenters. The Kier molecular flexibility index (Phi) is 5.20. The summed E-state index contributed by atoms with van der Waals surface area (Å²) in [5, 5.41) is 10.4. The first-order valence-electron chi connectivity index (χ1n) is 9.04. The monoisotopic (exact) mass is 369 g/mol. The number of nitrogens with zero attached hydrogens (tertiary/aromatic N) is 3. The maximum atomic E-state index is 12.7. The Hall–Kier alpha value is -3.80. The van der Waals surface area contributed by atoms with Crippen LogP contribution in [0.3, 0.4) is 0 Å². The van der Waals surface area contributed by atoms with Gasteiger partial charge in [-0.2, -0.15) is 5.10 Å². The van der Waals surface area contributed by atoms with E-state index < -0.39 is 0 Å². The Morgan fingerprint density at radius 2 is 1.82 bits per heavy atom. The third kappa shape index (κ3) is 3.96. The minimum absolute atomic E-state index is 0.125. The van der Waals surface area contributed by atoms with Crippen LogP contribution in [0, 0.1) is 0 Å². The van der Waals surface area contributed by atoms with Gasteiger partial charge in [0, 0.05) is 41.5 Å². The fourth-order valence-electron chi connectivity index (χ4n) is 3.00. The number of hydrogen-bond donors (Lipinski definition) is 2. The molecule has 0 aliphatic carbocycles. The Labute approximate surface area is 162 Å². The number of hydrogen-bond acceptors (Lipinski definition) is 4. The first kappa shape index (κ1) is 17.6. The molecule has 2 aromatic heterocycles. The largest absolute Gasteiger partial charge is 0.352 e. The summed E-state index contributed by atoms with van der Waals surface area (Å²) in [5.74, 6) is -0.125. The van der Waals surface area contributed by atoms with Crippen LogP contribution < -0.4 is 5.32 Å². The summed E-state index contributed by atoms with van der Waals surface area (Å²) >= 11 is 0. The van der Waals surface area contributed by atoms with Gasteiger partial charge in [0.25, 0.3) is 5.91 Å². The second-order valence-corrected chi connectivity index (χ2v) is 6.29. The molecular weight excluding hydrogens is 350 g/mol. The molecule has 138 valence electrons. The lowest BCUT2D eigenvalue weighted by Gasteiger charge is -2.09. The number of benzene rings is 2. The van der Waals surface area contributed by atoms with E-state index in [4.69, 9.17) is 0 Å². The van der Waals surface area contributed by atoms with Gasteiger partial charge in [0.1, 0.15) is 6.33 Å². The van der Waals surface area contributed by atoms with Crippen LogP contribution in [0.1, 0.15) is 16.1 Å². The number of H-pyrrole nitrogens is 1. The molecule has 28 heavy (non-hydrogen) atoms. The van der Waals surface area contributed by atoms with Gasteiger partial charge < -0.3 is 5.32 Å². The standard InChI is InChI=1S/C22H19N5O/c28-22(24-13-11-17-10-12-23-15-25-17)19-9-5-4-8-18(19)21-14-20(26-27-21)16-6-2-1-3-7-16/h1-10,12,14-15H,11,13H2,(H,24,28)(H,26,27). The van der Waals surface area contributed by atoms with Gasteiger partial charge in [0.15, 0.2) is 0 Å². The zero-order chi connectivity index (χ0) is 19.2. The topological polar surface area (TPSA) is 83.6 Å². The van der Waals surface area contributed by atoms with Gasteiger partial charge >= 0.3 is 0 Å². The molecule has 6 heteroatoms. The Morgan fingerprint density at radius 1 is 1.00 bits per heavy atom. The van der Waals surface area contributed by atoms with Crippen molar-refractivity contribution in [2.45, 2.75) is 6.42 Å². The quantitative estimate of drug-likeness (QED) is 0.545. The number of carbonyl (C=O) groups is 1. The first-order valence-corrected chi connectivity index (χ1v) is 9.04. The summed E-state index contributed by atoms with van der Waals surface area (Å²) in [4.78, 5) is 20.8. The molecule has 2 N–H and O–H groups in total.